The van der Waals surface area contributed by atoms with Crippen LogP contribution in [0, 0.1) is 10.5 Å². The van der Waals surface area contributed by atoms with Crippen LogP contribution in [0.25, 0.3) is 0 Å². The van der Waals surface area contributed by atoms with E-state index in [0.29, 0.717) is 32.8 Å². The Kier molecular flexibility index (Phi) is 10.8. The van der Waals surface area contributed by atoms with E-state index in [2.05, 4.69) is 15.2 Å². The van der Waals surface area contributed by atoms with Gasteiger partial charge in [-0.3, -0.25) is 9.59 Å². The van der Waals surface area contributed by atoms with Crippen molar-refractivity contribution < 1.29 is 27.5 Å². The van der Waals surface area contributed by atoms with Gasteiger partial charge in [-0.15, -0.1) is 0 Å². The van der Waals surface area contributed by atoms with Crippen molar-refractivity contribution in [2.75, 3.05) is 13.2 Å². The van der Waals surface area contributed by atoms with Gasteiger partial charge in [0.15, 0.2) is 18.1 Å². The molecule has 39 heavy (non-hydrogen) atoms. The lowest BCUT2D eigenvalue weighted by molar-refractivity contribution is -0.121. The molecule has 0 radical (unpaired) electrons. The zero-order valence-corrected chi connectivity index (χ0v) is 24.4. The molecular weight excluding hydrogens is 635 g/mol. The van der Waals surface area contributed by atoms with Crippen LogP contribution in [0.5, 0.6) is 11.5 Å². The molecule has 3 rings (SSSR count). The van der Waals surface area contributed by atoms with Crippen molar-refractivity contribution in [2.24, 2.45) is 10.8 Å². The maximum absolute atomic E-state index is 13.0. The summed E-state index contributed by atoms with van der Waals surface area (Å²) in [5, 5.41) is 4.02. The fourth-order valence-electron chi connectivity index (χ4n) is 3.50. The minimum atomic E-state index is -3.89. The standard InChI is InChI=1S/C27H29IN4O6S/c1-3-37-24-14-19(13-22(28)27(24)38-17-25(29)33)16-30-31-26(34)15-23(20-7-5-4-6-8-20)32-39(35,36)21-11-9-18(2)10-12-21/h4-14,16,23,32H,3,15,17H2,1-2H3,(H2,29,33)(H,31,34)/b30-16-/t23-/m1/s1. The SMILES string of the molecule is CCOc1cc(/C=N\NC(=O)C[C@@H](NS(=O)(=O)c2ccc(C)cc2)c2ccccc2)cc(I)c1OCC(N)=O. The fraction of sp³-hybridized carbons (Fsp3) is 0.222. The zero-order valence-electron chi connectivity index (χ0n) is 21.4. The Morgan fingerprint density at radius 1 is 1.08 bits per heavy atom. The van der Waals surface area contributed by atoms with Crippen molar-refractivity contribution in [1.29, 1.82) is 0 Å². The highest BCUT2D eigenvalue weighted by atomic mass is 127. The van der Waals surface area contributed by atoms with Crippen LogP contribution in [0.2, 0.25) is 0 Å². The van der Waals surface area contributed by atoms with Crippen LogP contribution in [-0.4, -0.2) is 39.7 Å². The summed E-state index contributed by atoms with van der Waals surface area (Å²) in [6, 6.07) is 17.9. The summed E-state index contributed by atoms with van der Waals surface area (Å²) in [5.41, 5.74) is 9.79. The first-order chi connectivity index (χ1) is 18.6. The number of carbonyl (C=O) groups excluding carboxylic acids is 2. The van der Waals surface area contributed by atoms with Gasteiger partial charge in [0.1, 0.15) is 0 Å². The largest absolute Gasteiger partial charge is 0.490 e. The molecule has 2 amide bonds. The molecule has 0 aromatic heterocycles. The molecule has 0 saturated heterocycles. The molecule has 0 aliphatic carbocycles. The number of ether oxygens (including phenoxy) is 2. The summed E-state index contributed by atoms with van der Waals surface area (Å²) in [6.45, 7) is 3.74. The lowest BCUT2D eigenvalue weighted by Crippen LogP contribution is -2.32. The number of hydrogen-bond donors (Lipinski definition) is 3. The van der Waals surface area contributed by atoms with Gasteiger partial charge in [0.25, 0.3) is 5.91 Å². The molecule has 206 valence electrons. The molecule has 3 aromatic rings. The summed E-state index contributed by atoms with van der Waals surface area (Å²) in [7, 11) is -3.89. The number of amides is 2. The second kappa shape index (κ2) is 14.1. The highest BCUT2D eigenvalue weighted by Gasteiger charge is 2.23. The van der Waals surface area contributed by atoms with Crippen LogP contribution in [0.15, 0.2) is 76.7 Å². The number of nitrogens with one attached hydrogen (secondary N) is 2. The van der Waals surface area contributed by atoms with E-state index in [9.17, 15) is 18.0 Å². The van der Waals surface area contributed by atoms with E-state index < -0.39 is 27.9 Å². The first-order valence-electron chi connectivity index (χ1n) is 11.9. The van der Waals surface area contributed by atoms with Gasteiger partial charge in [-0.25, -0.2) is 18.6 Å². The molecule has 0 unspecified atom stereocenters. The number of halogens is 1. The van der Waals surface area contributed by atoms with Gasteiger partial charge >= 0.3 is 0 Å². The van der Waals surface area contributed by atoms with Crippen LogP contribution < -0.4 is 25.4 Å². The van der Waals surface area contributed by atoms with Crippen molar-refractivity contribution in [1.82, 2.24) is 10.1 Å². The first-order valence-corrected chi connectivity index (χ1v) is 14.5. The Bertz CT molecular complexity index is 1430. The summed E-state index contributed by atoms with van der Waals surface area (Å²) in [6.07, 6.45) is 1.24. The Morgan fingerprint density at radius 2 is 1.77 bits per heavy atom. The molecule has 0 saturated carbocycles. The van der Waals surface area contributed by atoms with E-state index in [1.54, 1.807) is 48.5 Å². The average molecular weight is 665 g/mol. The van der Waals surface area contributed by atoms with Crippen molar-refractivity contribution in [3.05, 3.63) is 87.0 Å². The molecule has 10 nitrogen and oxygen atoms in total. The predicted molar refractivity (Wildman–Crippen MR) is 156 cm³/mol. The quantitative estimate of drug-likeness (QED) is 0.145. The topological polar surface area (TPSA) is 149 Å². The van der Waals surface area contributed by atoms with E-state index in [1.807, 2.05) is 42.5 Å². The summed E-state index contributed by atoms with van der Waals surface area (Å²) >= 11 is 2.03. The number of carbonyl (C=O) groups is 2. The van der Waals surface area contributed by atoms with E-state index in [4.69, 9.17) is 15.2 Å². The van der Waals surface area contributed by atoms with Gasteiger partial charge in [-0.1, -0.05) is 48.0 Å². The minimum absolute atomic E-state index is 0.107. The van der Waals surface area contributed by atoms with E-state index in [1.165, 1.54) is 18.3 Å². The number of aryl methyl sites for hydroxylation is 1. The Balaban J connectivity index is 1.74. The lowest BCUT2D eigenvalue weighted by atomic mass is 10.0. The molecule has 4 N–H and O–H groups in total. The third-order valence-corrected chi connectivity index (χ3v) is 7.60. The highest BCUT2D eigenvalue weighted by molar-refractivity contribution is 14.1. The molecule has 0 bridgehead atoms. The number of hydrazone groups is 1. The highest BCUT2D eigenvalue weighted by Crippen LogP contribution is 2.34. The summed E-state index contributed by atoms with van der Waals surface area (Å²) in [4.78, 5) is 24.0. The van der Waals surface area contributed by atoms with E-state index in [-0.39, 0.29) is 17.9 Å². The Labute approximate surface area is 241 Å². The van der Waals surface area contributed by atoms with Crippen molar-refractivity contribution >= 4 is 50.6 Å². The molecule has 0 fully saturated rings. The molecule has 0 aliphatic rings. The van der Waals surface area contributed by atoms with Crippen LogP contribution in [0.3, 0.4) is 0 Å². The Hall–Kier alpha value is -3.49. The number of primary amides is 1. The second-order valence-corrected chi connectivity index (χ2v) is 11.3. The predicted octanol–water partition coefficient (Wildman–Crippen LogP) is 3.42. The fourth-order valence-corrected chi connectivity index (χ4v) is 5.51. The molecule has 0 spiro atoms. The van der Waals surface area contributed by atoms with Gasteiger partial charge in [-0.2, -0.15) is 5.10 Å². The smallest absolute Gasteiger partial charge is 0.255 e. The number of rotatable bonds is 13. The third kappa shape index (κ3) is 9.04. The average Bonchev–Trinajstić information content (AvgIpc) is 2.88. The zero-order chi connectivity index (χ0) is 28.4. The van der Waals surface area contributed by atoms with Crippen LogP contribution >= 0.6 is 22.6 Å². The molecule has 3 aromatic carbocycles. The number of hydrogen-bond acceptors (Lipinski definition) is 7. The lowest BCUT2D eigenvalue weighted by Gasteiger charge is -2.18. The summed E-state index contributed by atoms with van der Waals surface area (Å²) in [5.74, 6) is -0.332. The molecule has 0 aliphatic heterocycles. The number of nitrogens with zero attached hydrogens (tertiary/aromatic N) is 1. The third-order valence-electron chi connectivity index (χ3n) is 5.31. The van der Waals surface area contributed by atoms with Crippen molar-refractivity contribution in [3.8, 4) is 11.5 Å². The maximum Gasteiger partial charge on any atom is 0.255 e. The van der Waals surface area contributed by atoms with Gasteiger partial charge in [0.2, 0.25) is 15.9 Å². The van der Waals surface area contributed by atoms with Gasteiger partial charge in [0.05, 0.1) is 27.3 Å². The second-order valence-electron chi connectivity index (χ2n) is 8.41. The summed E-state index contributed by atoms with van der Waals surface area (Å²) < 4.78 is 40.4. The monoisotopic (exact) mass is 664 g/mol. The van der Waals surface area contributed by atoms with Crippen LogP contribution in [-0.2, 0) is 19.6 Å². The van der Waals surface area contributed by atoms with E-state index in [0.717, 1.165) is 5.56 Å². The number of sulfonamides is 1. The normalized spacial score (nSPS) is 12.2. The Morgan fingerprint density at radius 3 is 2.41 bits per heavy atom. The van der Waals surface area contributed by atoms with Crippen LogP contribution in [0.1, 0.15) is 36.1 Å². The molecule has 1 atom stereocenters. The number of nitrogens with two attached hydrogens (primary N) is 1. The first kappa shape index (κ1) is 30.1. The van der Waals surface area contributed by atoms with Crippen molar-refractivity contribution in [3.63, 3.8) is 0 Å². The minimum Gasteiger partial charge on any atom is -0.490 e. The molecule has 12 heteroatoms. The van der Waals surface area contributed by atoms with Crippen LogP contribution in [0.4, 0.5) is 0 Å². The van der Waals surface area contributed by atoms with E-state index >= 15 is 0 Å². The van der Waals surface area contributed by atoms with Crippen molar-refractivity contribution in [2.45, 2.75) is 31.2 Å². The molecular formula is C27H29IN4O6S. The van der Waals surface area contributed by atoms with Gasteiger partial charge in [0, 0.05) is 6.42 Å². The van der Waals surface area contributed by atoms with Gasteiger partial charge in [-0.05, 0) is 71.8 Å². The number of benzene rings is 3. The maximum atomic E-state index is 13.0. The van der Waals surface area contributed by atoms with Gasteiger partial charge < -0.3 is 15.2 Å². The molecule has 0 heterocycles.